The van der Waals surface area contributed by atoms with E-state index in [2.05, 4.69) is 4.98 Å². The number of rotatable bonds is 5. The van der Waals surface area contributed by atoms with Crippen LogP contribution in [0.4, 0.5) is 8.78 Å². The fourth-order valence-corrected chi connectivity index (χ4v) is 3.21. The first kappa shape index (κ1) is 20.0. The van der Waals surface area contributed by atoms with Crippen molar-refractivity contribution in [3.8, 4) is 0 Å². The third-order valence-electron chi connectivity index (χ3n) is 4.41. The highest BCUT2D eigenvalue weighted by Gasteiger charge is 2.19. The molecule has 3 rings (SSSR count). The minimum atomic E-state index is -0.711. The summed E-state index contributed by atoms with van der Waals surface area (Å²) in [6.45, 7) is 4.13. The second-order valence-electron chi connectivity index (χ2n) is 6.77. The van der Waals surface area contributed by atoms with Crippen LogP contribution in [0.1, 0.15) is 19.4 Å². The van der Waals surface area contributed by atoms with Gasteiger partial charge in [-0.05, 0) is 49.6 Å². The molecule has 148 valence electrons. The highest BCUT2D eigenvalue weighted by Crippen LogP contribution is 2.16. The maximum Gasteiger partial charge on any atom is 0.332 e. The van der Waals surface area contributed by atoms with Gasteiger partial charge < -0.3 is 4.57 Å². The molecule has 0 saturated carbocycles. The van der Waals surface area contributed by atoms with Crippen molar-refractivity contribution in [3.63, 3.8) is 0 Å². The zero-order valence-corrected chi connectivity index (χ0v) is 16.4. The van der Waals surface area contributed by atoms with Gasteiger partial charge in [0.1, 0.15) is 11.6 Å². The molecule has 0 radical (unpaired) electrons. The van der Waals surface area contributed by atoms with Crippen LogP contribution in [0, 0.1) is 11.6 Å². The fraction of sp³-hybridized carbons (Fsp3) is 0.316. The van der Waals surface area contributed by atoms with Crippen molar-refractivity contribution in [2.45, 2.75) is 33.4 Å². The van der Waals surface area contributed by atoms with Crippen molar-refractivity contribution >= 4 is 22.8 Å². The lowest BCUT2D eigenvalue weighted by molar-refractivity contribution is 0.569. The Morgan fingerprint density at radius 3 is 2.39 bits per heavy atom. The van der Waals surface area contributed by atoms with Crippen molar-refractivity contribution in [1.29, 1.82) is 0 Å². The molecule has 0 fully saturated rings. The maximum atomic E-state index is 13.4. The van der Waals surface area contributed by atoms with Crippen LogP contribution in [0.5, 0.6) is 0 Å². The van der Waals surface area contributed by atoms with Gasteiger partial charge in [0.05, 0.1) is 0 Å². The summed E-state index contributed by atoms with van der Waals surface area (Å²) in [6.07, 6.45) is 2.00. The van der Waals surface area contributed by atoms with Crippen molar-refractivity contribution < 1.29 is 8.78 Å². The molecular weight excluding hydrogens is 390 g/mol. The van der Waals surface area contributed by atoms with E-state index >= 15 is 0 Å². The number of benzene rings is 1. The number of allylic oxidation sites excluding steroid dienone is 2. The van der Waals surface area contributed by atoms with Crippen molar-refractivity contribution in [2.75, 3.05) is 0 Å². The SMILES string of the molecule is CC(C)=CCn1c(Cl)nc2c1c(=O)n(CCc1cc(F)cc(F)c1)c(=O)n2C. The topological polar surface area (TPSA) is 61.8 Å². The molecule has 0 N–H and O–H groups in total. The molecule has 28 heavy (non-hydrogen) atoms. The van der Waals surface area contributed by atoms with E-state index in [0.717, 1.165) is 16.2 Å². The van der Waals surface area contributed by atoms with E-state index in [-0.39, 0.29) is 29.4 Å². The second-order valence-corrected chi connectivity index (χ2v) is 7.11. The van der Waals surface area contributed by atoms with Gasteiger partial charge >= 0.3 is 5.69 Å². The van der Waals surface area contributed by atoms with Crippen LogP contribution in [-0.4, -0.2) is 18.7 Å². The number of imidazole rings is 1. The molecular formula is C19H19ClF2N4O2. The summed E-state index contributed by atoms with van der Waals surface area (Å²) in [5.41, 5.74) is 0.665. The van der Waals surface area contributed by atoms with Crippen LogP contribution < -0.4 is 11.2 Å². The number of aromatic nitrogens is 4. The Hall–Kier alpha value is -2.74. The van der Waals surface area contributed by atoms with E-state index in [1.165, 1.54) is 28.3 Å². The minimum absolute atomic E-state index is 0.0320. The Morgan fingerprint density at radius 1 is 1.14 bits per heavy atom. The van der Waals surface area contributed by atoms with Gasteiger partial charge in [-0.15, -0.1) is 0 Å². The molecule has 2 aromatic heterocycles. The fourth-order valence-electron chi connectivity index (χ4n) is 2.98. The molecule has 0 aliphatic heterocycles. The molecule has 2 heterocycles. The van der Waals surface area contributed by atoms with Gasteiger partial charge in [0.2, 0.25) is 5.28 Å². The standard InChI is InChI=1S/C19H19ClF2N4O2/c1-11(2)4-6-25-15-16(23-18(25)20)24(3)19(28)26(17(15)27)7-5-12-8-13(21)10-14(22)9-12/h4,8-10H,5-7H2,1-3H3. The van der Waals surface area contributed by atoms with E-state index in [4.69, 9.17) is 11.6 Å². The molecule has 0 saturated heterocycles. The van der Waals surface area contributed by atoms with Gasteiger partial charge in [-0.25, -0.2) is 13.6 Å². The number of fused-ring (bicyclic) bond motifs is 1. The molecule has 0 unspecified atom stereocenters. The Balaban J connectivity index is 2.10. The van der Waals surface area contributed by atoms with E-state index < -0.39 is 22.9 Å². The smallest absolute Gasteiger partial charge is 0.305 e. The third kappa shape index (κ3) is 3.77. The molecule has 9 heteroatoms. The van der Waals surface area contributed by atoms with Crippen LogP contribution in [-0.2, 0) is 26.6 Å². The monoisotopic (exact) mass is 408 g/mol. The van der Waals surface area contributed by atoms with Crippen LogP contribution >= 0.6 is 11.6 Å². The largest absolute Gasteiger partial charge is 0.332 e. The summed E-state index contributed by atoms with van der Waals surface area (Å²) in [6, 6.07) is 3.12. The van der Waals surface area contributed by atoms with Crippen LogP contribution in [0.15, 0.2) is 39.4 Å². The summed E-state index contributed by atoms with van der Waals surface area (Å²) >= 11 is 6.18. The highest BCUT2D eigenvalue weighted by atomic mass is 35.5. The normalized spacial score (nSPS) is 11.2. The highest BCUT2D eigenvalue weighted by molar-refractivity contribution is 6.29. The Bertz CT molecular complexity index is 1180. The number of nitrogens with zero attached hydrogens (tertiary/aromatic N) is 4. The first-order valence-electron chi connectivity index (χ1n) is 8.63. The summed E-state index contributed by atoms with van der Waals surface area (Å²) in [5.74, 6) is -1.42. The predicted molar refractivity (Wildman–Crippen MR) is 104 cm³/mol. The van der Waals surface area contributed by atoms with Crippen molar-refractivity contribution in [3.05, 3.63) is 73.2 Å². The van der Waals surface area contributed by atoms with E-state index in [1.54, 1.807) is 0 Å². The van der Waals surface area contributed by atoms with E-state index in [9.17, 15) is 18.4 Å². The Labute approximate surface area is 164 Å². The zero-order chi connectivity index (χ0) is 20.6. The molecule has 0 amide bonds. The Morgan fingerprint density at radius 2 is 1.79 bits per heavy atom. The Kier molecular flexibility index (Phi) is 5.51. The molecule has 3 aromatic rings. The maximum absolute atomic E-state index is 13.4. The van der Waals surface area contributed by atoms with Gasteiger partial charge in [-0.2, -0.15) is 4.98 Å². The molecule has 0 atom stereocenters. The van der Waals surface area contributed by atoms with Crippen molar-refractivity contribution in [2.24, 2.45) is 7.05 Å². The van der Waals surface area contributed by atoms with E-state index in [1.807, 2.05) is 19.9 Å². The minimum Gasteiger partial charge on any atom is -0.305 e. The van der Waals surface area contributed by atoms with Gasteiger partial charge in [-0.1, -0.05) is 11.6 Å². The molecule has 0 aliphatic carbocycles. The van der Waals surface area contributed by atoms with Gasteiger partial charge in [0, 0.05) is 26.2 Å². The van der Waals surface area contributed by atoms with E-state index in [0.29, 0.717) is 12.1 Å². The third-order valence-corrected chi connectivity index (χ3v) is 4.70. The second kappa shape index (κ2) is 7.71. The summed E-state index contributed by atoms with van der Waals surface area (Å²) in [5, 5.41) is 0.101. The predicted octanol–water partition coefficient (Wildman–Crippen LogP) is 3.04. The number of aryl methyl sites for hydroxylation is 2. The van der Waals surface area contributed by atoms with Gasteiger partial charge in [0.25, 0.3) is 5.56 Å². The average Bonchev–Trinajstić information content (AvgIpc) is 2.94. The molecule has 6 nitrogen and oxygen atoms in total. The number of hydrogen-bond acceptors (Lipinski definition) is 3. The van der Waals surface area contributed by atoms with Gasteiger partial charge in [0.15, 0.2) is 11.2 Å². The first-order chi connectivity index (χ1) is 13.2. The summed E-state index contributed by atoms with van der Waals surface area (Å²) in [4.78, 5) is 29.8. The van der Waals surface area contributed by atoms with Crippen LogP contribution in [0.25, 0.3) is 11.2 Å². The number of hydrogen-bond donors (Lipinski definition) is 0. The lowest BCUT2D eigenvalue weighted by Crippen LogP contribution is -2.40. The average molecular weight is 409 g/mol. The zero-order valence-electron chi connectivity index (χ0n) is 15.7. The van der Waals surface area contributed by atoms with Crippen molar-refractivity contribution in [1.82, 2.24) is 18.7 Å². The summed E-state index contributed by atoms with van der Waals surface area (Å²) < 4.78 is 30.6. The summed E-state index contributed by atoms with van der Waals surface area (Å²) in [7, 11) is 1.50. The lowest BCUT2D eigenvalue weighted by atomic mass is 10.1. The molecule has 0 bridgehead atoms. The molecule has 0 spiro atoms. The number of halogens is 3. The molecule has 1 aromatic carbocycles. The van der Waals surface area contributed by atoms with Crippen LogP contribution in [0.2, 0.25) is 5.28 Å². The van der Waals surface area contributed by atoms with Gasteiger partial charge in [-0.3, -0.25) is 13.9 Å². The first-order valence-corrected chi connectivity index (χ1v) is 9.00. The lowest BCUT2D eigenvalue weighted by Gasteiger charge is -2.10. The quantitative estimate of drug-likeness (QED) is 0.481. The molecule has 0 aliphatic rings. The van der Waals surface area contributed by atoms with Crippen LogP contribution in [0.3, 0.4) is 0 Å².